The highest BCUT2D eigenvalue weighted by Gasteiger charge is 1.99. The van der Waals surface area contributed by atoms with Crippen molar-refractivity contribution in [3.05, 3.63) is 10.5 Å². The maximum Gasteiger partial charge on any atom is 0.154 e. The van der Waals surface area contributed by atoms with Crippen molar-refractivity contribution in [2.45, 2.75) is 6.92 Å². The highest BCUT2D eigenvalue weighted by atomic mass is 32.1. The van der Waals surface area contributed by atoms with Gasteiger partial charge in [0.2, 0.25) is 0 Å². The van der Waals surface area contributed by atoms with Gasteiger partial charge in [-0.05, 0) is 6.92 Å². The van der Waals surface area contributed by atoms with Crippen molar-refractivity contribution in [3.8, 4) is 0 Å². The normalized spacial score (nSPS) is 10.8. The lowest BCUT2D eigenvalue weighted by atomic mass is 10.8. The van der Waals surface area contributed by atoms with Crippen LogP contribution in [0.3, 0.4) is 0 Å². The third-order valence-corrected chi connectivity index (χ3v) is 2.75. The maximum absolute atomic E-state index is 4.25. The van der Waals surface area contributed by atoms with Gasteiger partial charge in [-0.25, -0.2) is 9.97 Å². The molecule has 4 heteroatoms. The van der Waals surface area contributed by atoms with Crippen molar-refractivity contribution in [3.63, 3.8) is 0 Å². The average Bonchev–Trinajstić information content (AvgIpc) is 2.22. The summed E-state index contributed by atoms with van der Waals surface area (Å²) in [6, 6.07) is 0. The van der Waals surface area contributed by atoms with Crippen LogP contribution in [0.25, 0.3) is 9.66 Å². The van der Waals surface area contributed by atoms with Gasteiger partial charge in [0.05, 0.1) is 10.5 Å². The summed E-state index contributed by atoms with van der Waals surface area (Å²) in [6.07, 6.45) is 0. The zero-order valence-corrected chi connectivity index (χ0v) is 6.42. The first-order valence-corrected chi connectivity index (χ1v) is 4.22. The van der Waals surface area contributed by atoms with Gasteiger partial charge in [-0.1, -0.05) is 11.3 Å². The molecule has 9 heavy (non-hydrogen) atoms. The molecule has 2 nitrogen and oxygen atoms in total. The summed E-state index contributed by atoms with van der Waals surface area (Å²) in [5.74, 6) is 0. The summed E-state index contributed by atoms with van der Waals surface area (Å²) in [4.78, 5) is 10.5. The average molecular weight is 156 g/mol. The number of aromatic nitrogens is 2. The van der Waals surface area contributed by atoms with Gasteiger partial charge in [0.1, 0.15) is 0 Å². The molecule has 0 N–H and O–H groups in total. The van der Waals surface area contributed by atoms with Crippen molar-refractivity contribution in [1.29, 1.82) is 0 Å². The van der Waals surface area contributed by atoms with E-state index in [1.54, 1.807) is 22.7 Å². The Kier molecular flexibility index (Phi) is 1.03. The third-order valence-electron chi connectivity index (χ3n) is 1.02. The summed E-state index contributed by atoms with van der Waals surface area (Å²) in [6.45, 7) is 2.00. The van der Waals surface area contributed by atoms with Crippen LogP contribution in [0.1, 0.15) is 5.01 Å². The van der Waals surface area contributed by atoms with Crippen LogP contribution in [-0.2, 0) is 0 Å². The number of hydrogen-bond acceptors (Lipinski definition) is 4. The highest BCUT2D eigenvalue weighted by Crippen LogP contribution is 2.22. The van der Waals surface area contributed by atoms with Crippen LogP contribution >= 0.6 is 22.7 Å². The Labute approximate surface area is 60.2 Å². The summed E-state index contributed by atoms with van der Waals surface area (Å²) in [5, 5.41) is 1.10. The molecule has 0 saturated heterocycles. The lowest BCUT2D eigenvalue weighted by molar-refractivity contribution is 1.36. The molecule has 2 rings (SSSR count). The predicted molar refractivity (Wildman–Crippen MR) is 40.0 cm³/mol. The Bertz CT molecular complexity index is 294. The molecule has 0 aliphatic carbocycles. The summed E-state index contributed by atoms with van der Waals surface area (Å²) in [5.41, 5.74) is 1.83. The van der Waals surface area contributed by atoms with Crippen LogP contribution in [0.5, 0.6) is 0 Å². The van der Waals surface area contributed by atoms with Crippen molar-refractivity contribution in [1.82, 2.24) is 9.97 Å². The van der Waals surface area contributed by atoms with Gasteiger partial charge in [-0.3, -0.25) is 0 Å². The lowest BCUT2D eigenvalue weighted by Gasteiger charge is -1.68. The van der Waals surface area contributed by atoms with Crippen molar-refractivity contribution >= 4 is 32.3 Å². The van der Waals surface area contributed by atoms with E-state index in [2.05, 4.69) is 9.97 Å². The molecule has 0 amide bonds. The van der Waals surface area contributed by atoms with E-state index in [9.17, 15) is 0 Å². The van der Waals surface area contributed by atoms with E-state index in [-0.39, 0.29) is 0 Å². The molecule has 0 aliphatic heterocycles. The number of hydrogen-bond donors (Lipinski definition) is 0. The lowest BCUT2D eigenvalue weighted by Crippen LogP contribution is -1.59. The molecule has 0 spiro atoms. The number of nitrogens with zero attached hydrogens (tertiary/aromatic N) is 2. The first kappa shape index (κ1) is 5.32. The second-order valence-electron chi connectivity index (χ2n) is 1.70. The SMILES string of the molecule is Cc1nc2scnc2s1. The Hall–Kier alpha value is -0.480. The van der Waals surface area contributed by atoms with E-state index in [1.807, 2.05) is 12.4 Å². The number of fused-ring (bicyclic) bond motifs is 1. The number of thiazole rings is 2. The summed E-state index contributed by atoms with van der Waals surface area (Å²) in [7, 11) is 0. The molecular weight excluding hydrogens is 152 g/mol. The van der Waals surface area contributed by atoms with Crippen LogP contribution in [0.4, 0.5) is 0 Å². The smallest absolute Gasteiger partial charge is 0.154 e. The minimum atomic E-state index is 1.07. The highest BCUT2D eigenvalue weighted by molar-refractivity contribution is 7.25. The minimum absolute atomic E-state index is 1.07. The second kappa shape index (κ2) is 1.75. The molecule has 2 aromatic heterocycles. The fourth-order valence-electron chi connectivity index (χ4n) is 0.680. The number of rotatable bonds is 0. The molecule has 2 aromatic rings. The molecule has 0 unspecified atom stereocenters. The fraction of sp³-hybridized carbons (Fsp3) is 0.200. The zero-order valence-electron chi connectivity index (χ0n) is 4.79. The van der Waals surface area contributed by atoms with Crippen LogP contribution < -0.4 is 0 Å². The minimum Gasteiger partial charge on any atom is -0.232 e. The van der Waals surface area contributed by atoms with E-state index >= 15 is 0 Å². The van der Waals surface area contributed by atoms with Crippen LogP contribution in [0, 0.1) is 6.92 Å². The standard InChI is InChI=1S/C5H4N2S2/c1-3-7-5-4(9-3)6-2-8-5/h2H,1H3. The molecular formula is C5H4N2S2. The topological polar surface area (TPSA) is 25.8 Å². The van der Waals surface area contributed by atoms with E-state index in [0.717, 1.165) is 14.7 Å². The first-order chi connectivity index (χ1) is 4.36. The van der Waals surface area contributed by atoms with Gasteiger partial charge in [0, 0.05) is 0 Å². The Balaban J connectivity index is 2.92. The molecule has 0 saturated carbocycles. The van der Waals surface area contributed by atoms with Crippen molar-refractivity contribution < 1.29 is 0 Å². The molecule has 0 bridgehead atoms. The second-order valence-corrected chi connectivity index (χ2v) is 3.71. The Morgan fingerprint density at radius 3 is 3.11 bits per heavy atom. The molecule has 0 atom stereocenters. The largest absolute Gasteiger partial charge is 0.232 e. The van der Waals surface area contributed by atoms with E-state index in [4.69, 9.17) is 0 Å². The Morgan fingerprint density at radius 1 is 1.44 bits per heavy atom. The molecule has 2 heterocycles. The van der Waals surface area contributed by atoms with Crippen molar-refractivity contribution in [2.24, 2.45) is 0 Å². The van der Waals surface area contributed by atoms with E-state index in [1.165, 1.54) is 0 Å². The Morgan fingerprint density at radius 2 is 2.33 bits per heavy atom. The van der Waals surface area contributed by atoms with Gasteiger partial charge < -0.3 is 0 Å². The molecule has 0 aromatic carbocycles. The molecule has 0 fully saturated rings. The van der Waals surface area contributed by atoms with E-state index < -0.39 is 0 Å². The monoisotopic (exact) mass is 156 g/mol. The molecule has 46 valence electrons. The summed E-state index contributed by atoms with van der Waals surface area (Å²) < 4.78 is 0. The zero-order chi connectivity index (χ0) is 6.27. The van der Waals surface area contributed by atoms with Gasteiger partial charge >= 0.3 is 0 Å². The van der Waals surface area contributed by atoms with Crippen LogP contribution in [0.15, 0.2) is 5.51 Å². The number of aryl methyl sites for hydroxylation is 1. The van der Waals surface area contributed by atoms with Crippen molar-refractivity contribution in [2.75, 3.05) is 0 Å². The van der Waals surface area contributed by atoms with Gasteiger partial charge in [0.25, 0.3) is 0 Å². The fourth-order valence-corrected chi connectivity index (χ4v) is 2.33. The predicted octanol–water partition coefficient (Wildman–Crippen LogP) is 2.06. The van der Waals surface area contributed by atoms with Gasteiger partial charge in [0.15, 0.2) is 9.66 Å². The van der Waals surface area contributed by atoms with Crippen LogP contribution in [0.2, 0.25) is 0 Å². The third kappa shape index (κ3) is 0.746. The quantitative estimate of drug-likeness (QED) is 0.583. The van der Waals surface area contributed by atoms with Gasteiger partial charge in [-0.15, -0.1) is 11.3 Å². The van der Waals surface area contributed by atoms with Crippen LogP contribution in [-0.4, -0.2) is 9.97 Å². The first-order valence-electron chi connectivity index (χ1n) is 2.53. The molecule has 0 radical (unpaired) electrons. The van der Waals surface area contributed by atoms with E-state index in [0.29, 0.717) is 0 Å². The van der Waals surface area contributed by atoms with Gasteiger partial charge in [-0.2, -0.15) is 0 Å². The summed E-state index contributed by atoms with van der Waals surface area (Å²) >= 11 is 3.24. The molecule has 0 aliphatic rings. The maximum atomic E-state index is 4.25.